The van der Waals surface area contributed by atoms with E-state index in [1.165, 1.54) is 18.2 Å². The van der Waals surface area contributed by atoms with Gasteiger partial charge >= 0.3 is 6.09 Å². The van der Waals surface area contributed by atoms with Crippen LogP contribution in [0.15, 0.2) is 18.2 Å². The molecule has 0 saturated heterocycles. The highest BCUT2D eigenvalue weighted by Crippen LogP contribution is 2.29. The SMILES string of the molecule is CC(C)(C)OC(=O)Nc1ccc(F)cc1NC1CC(N)C1. The highest BCUT2D eigenvalue weighted by atomic mass is 19.1. The van der Waals surface area contributed by atoms with Crippen LogP contribution in [0.25, 0.3) is 0 Å². The number of nitrogens with one attached hydrogen (secondary N) is 2. The highest BCUT2D eigenvalue weighted by molar-refractivity contribution is 5.89. The van der Waals surface area contributed by atoms with E-state index in [0.29, 0.717) is 11.4 Å². The van der Waals surface area contributed by atoms with Gasteiger partial charge in [-0.25, -0.2) is 9.18 Å². The molecule has 0 spiro atoms. The van der Waals surface area contributed by atoms with Crippen LogP contribution in [0.5, 0.6) is 0 Å². The fraction of sp³-hybridized carbons (Fsp3) is 0.533. The summed E-state index contributed by atoms with van der Waals surface area (Å²) in [5.74, 6) is -0.365. The van der Waals surface area contributed by atoms with Crippen LogP contribution in [0.1, 0.15) is 33.6 Å². The molecule has 1 aliphatic carbocycles. The lowest BCUT2D eigenvalue weighted by molar-refractivity contribution is 0.0636. The first kappa shape index (κ1) is 15.6. The van der Waals surface area contributed by atoms with Crippen molar-refractivity contribution in [1.82, 2.24) is 0 Å². The quantitative estimate of drug-likeness (QED) is 0.801. The maximum atomic E-state index is 13.4. The van der Waals surface area contributed by atoms with E-state index in [-0.39, 0.29) is 17.9 Å². The predicted octanol–water partition coefficient (Wildman–Crippen LogP) is 3.07. The zero-order valence-electron chi connectivity index (χ0n) is 12.6. The van der Waals surface area contributed by atoms with Gasteiger partial charge in [-0.15, -0.1) is 0 Å². The van der Waals surface area contributed by atoms with Crippen LogP contribution >= 0.6 is 0 Å². The molecule has 0 bridgehead atoms. The summed E-state index contributed by atoms with van der Waals surface area (Å²) >= 11 is 0. The third-order valence-corrected chi connectivity index (χ3v) is 3.15. The van der Waals surface area contributed by atoms with Crippen molar-refractivity contribution in [3.8, 4) is 0 Å². The van der Waals surface area contributed by atoms with Gasteiger partial charge in [0.05, 0.1) is 11.4 Å². The summed E-state index contributed by atoms with van der Waals surface area (Å²) in [4.78, 5) is 11.8. The van der Waals surface area contributed by atoms with Crippen molar-refractivity contribution < 1.29 is 13.9 Å². The van der Waals surface area contributed by atoms with Gasteiger partial charge < -0.3 is 15.8 Å². The topological polar surface area (TPSA) is 76.4 Å². The van der Waals surface area contributed by atoms with Crippen molar-refractivity contribution in [3.63, 3.8) is 0 Å². The molecule has 1 aromatic rings. The summed E-state index contributed by atoms with van der Waals surface area (Å²) < 4.78 is 18.6. The lowest BCUT2D eigenvalue weighted by Crippen LogP contribution is -2.44. The van der Waals surface area contributed by atoms with Gasteiger partial charge in [0, 0.05) is 12.1 Å². The second-order valence-corrected chi connectivity index (χ2v) is 6.39. The molecular weight excluding hydrogens is 273 g/mol. The van der Waals surface area contributed by atoms with E-state index in [2.05, 4.69) is 10.6 Å². The zero-order chi connectivity index (χ0) is 15.6. The van der Waals surface area contributed by atoms with Gasteiger partial charge in [-0.2, -0.15) is 0 Å². The zero-order valence-corrected chi connectivity index (χ0v) is 12.6. The summed E-state index contributed by atoms with van der Waals surface area (Å²) in [5.41, 5.74) is 6.18. The van der Waals surface area contributed by atoms with Crippen molar-refractivity contribution in [1.29, 1.82) is 0 Å². The smallest absolute Gasteiger partial charge is 0.412 e. The molecule has 1 aromatic carbocycles. The number of hydrogen-bond donors (Lipinski definition) is 3. The van der Waals surface area contributed by atoms with E-state index < -0.39 is 11.7 Å². The van der Waals surface area contributed by atoms with E-state index >= 15 is 0 Å². The molecule has 116 valence electrons. The van der Waals surface area contributed by atoms with Gasteiger partial charge in [-0.1, -0.05) is 0 Å². The van der Waals surface area contributed by atoms with E-state index in [0.717, 1.165) is 12.8 Å². The van der Waals surface area contributed by atoms with Crippen molar-refractivity contribution in [2.24, 2.45) is 5.73 Å². The number of hydrogen-bond acceptors (Lipinski definition) is 4. The molecule has 21 heavy (non-hydrogen) atoms. The molecule has 0 aromatic heterocycles. The molecule has 1 saturated carbocycles. The fourth-order valence-corrected chi connectivity index (χ4v) is 2.16. The Morgan fingerprint density at radius 2 is 2.00 bits per heavy atom. The van der Waals surface area contributed by atoms with Crippen LogP contribution in [0.2, 0.25) is 0 Å². The van der Waals surface area contributed by atoms with Crippen molar-refractivity contribution in [2.45, 2.75) is 51.3 Å². The molecule has 2 rings (SSSR count). The predicted molar refractivity (Wildman–Crippen MR) is 80.9 cm³/mol. The number of halogens is 1. The van der Waals surface area contributed by atoms with Crippen LogP contribution in [0, 0.1) is 5.82 Å². The molecular formula is C15H22FN3O2. The minimum absolute atomic E-state index is 0.193. The van der Waals surface area contributed by atoms with Gasteiger partial charge in [0.25, 0.3) is 0 Å². The number of benzene rings is 1. The minimum Gasteiger partial charge on any atom is -0.444 e. The Hall–Kier alpha value is -1.82. The van der Waals surface area contributed by atoms with Crippen LogP contribution in [0.3, 0.4) is 0 Å². The Kier molecular flexibility index (Phi) is 4.37. The van der Waals surface area contributed by atoms with Gasteiger partial charge in [0.1, 0.15) is 11.4 Å². The Bertz CT molecular complexity index is 522. The van der Waals surface area contributed by atoms with Gasteiger partial charge in [-0.05, 0) is 51.8 Å². The van der Waals surface area contributed by atoms with Crippen molar-refractivity contribution in [2.75, 3.05) is 10.6 Å². The normalized spacial score (nSPS) is 21.4. The van der Waals surface area contributed by atoms with Gasteiger partial charge in [-0.3, -0.25) is 5.32 Å². The maximum absolute atomic E-state index is 13.4. The van der Waals surface area contributed by atoms with E-state index in [9.17, 15) is 9.18 Å². The molecule has 0 atom stereocenters. The number of amides is 1. The summed E-state index contributed by atoms with van der Waals surface area (Å²) in [6.07, 6.45) is 1.10. The monoisotopic (exact) mass is 295 g/mol. The molecule has 0 aliphatic heterocycles. The summed E-state index contributed by atoms with van der Waals surface area (Å²) in [6.45, 7) is 5.35. The third kappa shape index (κ3) is 4.60. The number of carbonyl (C=O) groups is 1. The molecule has 0 unspecified atom stereocenters. The lowest BCUT2D eigenvalue weighted by Gasteiger charge is -2.34. The second-order valence-electron chi connectivity index (χ2n) is 6.39. The van der Waals surface area contributed by atoms with Crippen molar-refractivity contribution >= 4 is 17.5 Å². The maximum Gasteiger partial charge on any atom is 0.412 e. The Morgan fingerprint density at radius 1 is 1.33 bits per heavy atom. The molecule has 0 heterocycles. The average Bonchev–Trinajstić information content (AvgIpc) is 2.28. The highest BCUT2D eigenvalue weighted by Gasteiger charge is 2.26. The number of rotatable bonds is 3. The van der Waals surface area contributed by atoms with E-state index in [1.54, 1.807) is 20.8 Å². The molecule has 1 fully saturated rings. The standard InChI is InChI=1S/C15H22FN3O2/c1-15(2,3)21-14(20)19-12-5-4-9(16)6-13(12)18-11-7-10(17)8-11/h4-6,10-11,18H,7-8,17H2,1-3H3,(H,19,20). The number of carbonyl (C=O) groups excluding carboxylic acids is 1. The first-order chi connectivity index (χ1) is 9.73. The lowest BCUT2D eigenvalue weighted by atomic mass is 9.87. The molecule has 6 heteroatoms. The van der Waals surface area contributed by atoms with Crippen LogP contribution < -0.4 is 16.4 Å². The Balaban J connectivity index is 2.06. The van der Waals surface area contributed by atoms with Crippen LogP contribution in [0.4, 0.5) is 20.6 Å². The number of nitrogens with two attached hydrogens (primary N) is 1. The molecule has 1 aliphatic rings. The first-order valence-corrected chi connectivity index (χ1v) is 7.04. The second kappa shape index (κ2) is 5.89. The van der Waals surface area contributed by atoms with E-state index in [4.69, 9.17) is 10.5 Å². The van der Waals surface area contributed by atoms with Crippen LogP contribution in [-0.4, -0.2) is 23.8 Å². The Labute approximate surface area is 124 Å². The summed E-state index contributed by atoms with van der Waals surface area (Å²) in [7, 11) is 0. The molecule has 4 N–H and O–H groups in total. The molecule has 0 radical (unpaired) electrons. The molecule has 1 amide bonds. The number of ether oxygens (including phenoxy) is 1. The first-order valence-electron chi connectivity index (χ1n) is 7.04. The average molecular weight is 295 g/mol. The Morgan fingerprint density at radius 3 is 2.57 bits per heavy atom. The minimum atomic E-state index is -0.585. The number of anilines is 2. The van der Waals surface area contributed by atoms with E-state index in [1.807, 2.05) is 0 Å². The van der Waals surface area contributed by atoms with Crippen molar-refractivity contribution in [3.05, 3.63) is 24.0 Å². The fourth-order valence-electron chi connectivity index (χ4n) is 2.16. The largest absolute Gasteiger partial charge is 0.444 e. The van der Waals surface area contributed by atoms with Gasteiger partial charge in [0.2, 0.25) is 0 Å². The summed E-state index contributed by atoms with van der Waals surface area (Å²) in [5, 5.41) is 5.83. The third-order valence-electron chi connectivity index (χ3n) is 3.15. The van der Waals surface area contributed by atoms with Crippen LogP contribution in [-0.2, 0) is 4.74 Å². The molecule has 5 nitrogen and oxygen atoms in total. The van der Waals surface area contributed by atoms with Gasteiger partial charge in [0.15, 0.2) is 0 Å². The summed E-state index contributed by atoms with van der Waals surface area (Å²) in [6, 6.07) is 4.57.